The van der Waals surface area contributed by atoms with E-state index in [1.807, 2.05) is 6.92 Å². The molecule has 1 unspecified atom stereocenters. The topological polar surface area (TPSA) is 47.6 Å². The third kappa shape index (κ3) is 7.65. The number of carbonyl (C=O) groups is 1. The van der Waals surface area contributed by atoms with Crippen molar-refractivity contribution in [2.75, 3.05) is 20.3 Å². The molecule has 0 aliphatic carbocycles. The zero-order valence-corrected chi connectivity index (χ0v) is 11.1. The van der Waals surface area contributed by atoms with Gasteiger partial charge in [-0.25, -0.2) is 0 Å². The van der Waals surface area contributed by atoms with Gasteiger partial charge in [-0.05, 0) is 34.1 Å². The second-order valence-electron chi connectivity index (χ2n) is 4.58. The number of rotatable bonds is 8. The van der Waals surface area contributed by atoms with E-state index in [9.17, 15) is 4.79 Å². The van der Waals surface area contributed by atoms with E-state index < -0.39 is 0 Å². The van der Waals surface area contributed by atoms with Gasteiger partial charge >= 0.3 is 5.97 Å². The number of hydrogen-bond acceptors (Lipinski definition) is 4. The molecule has 16 heavy (non-hydrogen) atoms. The van der Waals surface area contributed by atoms with E-state index in [-0.39, 0.29) is 11.6 Å². The number of hydrogen-bond donors (Lipinski definition) is 1. The molecule has 1 N–H and O–H groups in total. The first-order valence-corrected chi connectivity index (χ1v) is 5.85. The van der Waals surface area contributed by atoms with Crippen LogP contribution in [0.4, 0.5) is 0 Å². The molecule has 4 heteroatoms. The molecule has 0 rings (SSSR count). The summed E-state index contributed by atoms with van der Waals surface area (Å²) in [6.45, 7) is 9.11. The van der Waals surface area contributed by atoms with Crippen LogP contribution in [0, 0.1) is 0 Å². The predicted octanol–water partition coefficient (Wildman–Crippen LogP) is 1.73. The minimum absolute atomic E-state index is 0.129. The van der Waals surface area contributed by atoms with E-state index in [0.29, 0.717) is 25.6 Å². The van der Waals surface area contributed by atoms with E-state index in [2.05, 4.69) is 26.1 Å². The van der Waals surface area contributed by atoms with Gasteiger partial charge in [-0.15, -0.1) is 0 Å². The van der Waals surface area contributed by atoms with E-state index >= 15 is 0 Å². The van der Waals surface area contributed by atoms with Crippen LogP contribution in [-0.2, 0) is 14.3 Å². The van der Waals surface area contributed by atoms with Crippen LogP contribution >= 0.6 is 0 Å². The Labute approximate surface area is 98.7 Å². The van der Waals surface area contributed by atoms with Crippen molar-refractivity contribution in [1.29, 1.82) is 0 Å². The second-order valence-corrected chi connectivity index (χ2v) is 4.58. The average molecular weight is 231 g/mol. The molecule has 4 nitrogen and oxygen atoms in total. The molecule has 0 aromatic carbocycles. The quantitative estimate of drug-likeness (QED) is 0.646. The predicted molar refractivity (Wildman–Crippen MR) is 64.4 cm³/mol. The minimum Gasteiger partial charge on any atom is -0.466 e. The Morgan fingerprint density at radius 3 is 2.56 bits per heavy atom. The Kier molecular flexibility index (Phi) is 7.34. The molecule has 0 amide bonds. The fraction of sp³-hybridized carbons (Fsp3) is 0.917. The Morgan fingerprint density at radius 2 is 2.06 bits per heavy atom. The van der Waals surface area contributed by atoms with Crippen molar-refractivity contribution >= 4 is 5.97 Å². The molecule has 0 aliphatic heterocycles. The highest BCUT2D eigenvalue weighted by molar-refractivity contribution is 5.69. The number of esters is 1. The lowest BCUT2D eigenvalue weighted by molar-refractivity contribution is -0.143. The van der Waals surface area contributed by atoms with Crippen molar-refractivity contribution in [3.8, 4) is 0 Å². The van der Waals surface area contributed by atoms with Crippen molar-refractivity contribution < 1.29 is 14.3 Å². The number of nitrogens with one attached hydrogen (secondary N) is 1. The summed E-state index contributed by atoms with van der Waals surface area (Å²) < 4.78 is 10.2. The van der Waals surface area contributed by atoms with Gasteiger partial charge in [0.15, 0.2) is 0 Å². The maximum Gasteiger partial charge on any atom is 0.307 e. The van der Waals surface area contributed by atoms with Gasteiger partial charge in [0.2, 0.25) is 0 Å². The number of carbonyl (C=O) groups excluding carboxylic acids is 1. The highest BCUT2D eigenvalue weighted by Crippen LogP contribution is 2.15. The monoisotopic (exact) mass is 231 g/mol. The Bertz CT molecular complexity index is 204. The fourth-order valence-corrected chi connectivity index (χ4v) is 1.55. The van der Waals surface area contributed by atoms with Gasteiger partial charge in [-0.3, -0.25) is 4.79 Å². The highest BCUT2D eigenvalue weighted by atomic mass is 16.5. The molecule has 96 valence electrons. The molecule has 0 saturated heterocycles. The van der Waals surface area contributed by atoms with Gasteiger partial charge in [0, 0.05) is 19.7 Å². The van der Waals surface area contributed by atoms with Crippen LogP contribution in [0.5, 0.6) is 0 Å². The van der Waals surface area contributed by atoms with Crippen LogP contribution in [0.25, 0.3) is 0 Å². The SMILES string of the molecule is CCOC(=O)CCNC(C)CC(C)(C)OC. The van der Waals surface area contributed by atoms with Crippen molar-refractivity contribution in [3.63, 3.8) is 0 Å². The lowest BCUT2D eigenvalue weighted by Gasteiger charge is -2.27. The molecule has 0 fully saturated rings. The molecule has 0 aromatic heterocycles. The van der Waals surface area contributed by atoms with Crippen molar-refractivity contribution in [3.05, 3.63) is 0 Å². The van der Waals surface area contributed by atoms with Crippen molar-refractivity contribution in [2.24, 2.45) is 0 Å². The Morgan fingerprint density at radius 1 is 1.44 bits per heavy atom. The molecule has 1 atom stereocenters. The van der Waals surface area contributed by atoms with Gasteiger partial charge in [-0.2, -0.15) is 0 Å². The first-order chi connectivity index (χ1) is 7.41. The molecule has 0 saturated carbocycles. The van der Waals surface area contributed by atoms with Crippen molar-refractivity contribution in [1.82, 2.24) is 5.32 Å². The van der Waals surface area contributed by atoms with E-state index in [1.165, 1.54) is 0 Å². The number of ether oxygens (including phenoxy) is 2. The van der Waals surface area contributed by atoms with Crippen LogP contribution in [0.3, 0.4) is 0 Å². The van der Waals surface area contributed by atoms with E-state index in [0.717, 1.165) is 6.42 Å². The summed E-state index contributed by atoms with van der Waals surface area (Å²) in [7, 11) is 1.71. The maximum absolute atomic E-state index is 11.1. The summed E-state index contributed by atoms with van der Waals surface area (Å²) in [6, 6.07) is 0.323. The fourth-order valence-electron chi connectivity index (χ4n) is 1.55. The standard InChI is InChI=1S/C12H25NO3/c1-6-16-11(14)7-8-13-10(2)9-12(3,4)15-5/h10,13H,6-9H2,1-5H3. The summed E-state index contributed by atoms with van der Waals surface area (Å²) in [6.07, 6.45) is 1.33. The number of methoxy groups -OCH3 is 1. The molecule has 0 heterocycles. The Hall–Kier alpha value is -0.610. The van der Waals surface area contributed by atoms with Gasteiger partial charge in [-0.1, -0.05) is 0 Å². The molecule has 0 aliphatic rings. The van der Waals surface area contributed by atoms with Crippen LogP contribution in [-0.4, -0.2) is 37.9 Å². The summed E-state index contributed by atoms with van der Waals surface area (Å²) in [5, 5.41) is 3.28. The van der Waals surface area contributed by atoms with E-state index in [1.54, 1.807) is 7.11 Å². The smallest absolute Gasteiger partial charge is 0.307 e. The van der Waals surface area contributed by atoms with Gasteiger partial charge in [0.25, 0.3) is 0 Å². The second kappa shape index (κ2) is 7.63. The zero-order chi connectivity index (χ0) is 12.6. The van der Waals surface area contributed by atoms with Gasteiger partial charge < -0.3 is 14.8 Å². The van der Waals surface area contributed by atoms with Crippen molar-refractivity contribution in [2.45, 2.75) is 52.2 Å². The molecular weight excluding hydrogens is 206 g/mol. The van der Waals surface area contributed by atoms with Crippen LogP contribution in [0.1, 0.15) is 40.5 Å². The molecule has 0 radical (unpaired) electrons. The molecule has 0 aromatic rings. The zero-order valence-electron chi connectivity index (χ0n) is 11.1. The first-order valence-electron chi connectivity index (χ1n) is 5.85. The van der Waals surface area contributed by atoms with Gasteiger partial charge in [0.05, 0.1) is 18.6 Å². The van der Waals surface area contributed by atoms with Gasteiger partial charge in [0.1, 0.15) is 0 Å². The summed E-state index contributed by atoms with van der Waals surface area (Å²) in [5.74, 6) is -0.145. The Balaban J connectivity index is 3.66. The molecular formula is C12H25NO3. The van der Waals surface area contributed by atoms with Crippen LogP contribution < -0.4 is 5.32 Å². The van der Waals surface area contributed by atoms with E-state index in [4.69, 9.17) is 9.47 Å². The summed E-state index contributed by atoms with van der Waals surface area (Å²) in [5.41, 5.74) is -0.129. The average Bonchev–Trinajstić information content (AvgIpc) is 2.17. The third-order valence-corrected chi connectivity index (χ3v) is 2.48. The first kappa shape index (κ1) is 15.4. The lowest BCUT2D eigenvalue weighted by Crippen LogP contribution is -2.36. The van der Waals surface area contributed by atoms with Crippen LogP contribution in [0.2, 0.25) is 0 Å². The largest absolute Gasteiger partial charge is 0.466 e. The summed E-state index contributed by atoms with van der Waals surface area (Å²) >= 11 is 0. The minimum atomic E-state index is -0.145. The third-order valence-electron chi connectivity index (χ3n) is 2.48. The lowest BCUT2D eigenvalue weighted by atomic mass is 10.00. The normalized spacial score (nSPS) is 13.6. The molecule has 0 bridgehead atoms. The maximum atomic E-state index is 11.1. The highest BCUT2D eigenvalue weighted by Gasteiger charge is 2.19. The van der Waals surface area contributed by atoms with Crippen LogP contribution in [0.15, 0.2) is 0 Å². The molecule has 0 spiro atoms. The summed E-state index contributed by atoms with van der Waals surface area (Å²) in [4.78, 5) is 11.1.